The number of nitrogens with two attached hydrogens (primary N) is 2. The molecule has 0 atom stereocenters. The van der Waals surface area contributed by atoms with Gasteiger partial charge in [0.25, 0.3) is 0 Å². The average Bonchev–Trinajstić information content (AvgIpc) is 3.20. The van der Waals surface area contributed by atoms with Crippen molar-refractivity contribution in [3.8, 4) is 11.4 Å². The van der Waals surface area contributed by atoms with Crippen LogP contribution >= 0.6 is 0 Å². The predicted molar refractivity (Wildman–Crippen MR) is 80.6 cm³/mol. The topological polar surface area (TPSA) is 110 Å². The Morgan fingerprint density at radius 2 is 1.74 bits per heavy atom. The fourth-order valence-corrected chi connectivity index (χ4v) is 2.29. The molecule has 2 aromatic rings. The van der Waals surface area contributed by atoms with E-state index in [9.17, 15) is 13.2 Å². The third kappa shape index (κ3) is 3.89. The second-order valence-electron chi connectivity index (χ2n) is 4.83. The summed E-state index contributed by atoms with van der Waals surface area (Å²) in [6, 6.07) is 2.52. The van der Waals surface area contributed by atoms with E-state index in [1.54, 1.807) is 6.07 Å². The second-order valence-corrected chi connectivity index (χ2v) is 4.83. The molecule has 3 heterocycles. The first-order valence-electron chi connectivity index (χ1n) is 7.04. The molecule has 3 rings (SSSR count). The number of alkyl halides is 3. The van der Waals surface area contributed by atoms with Crippen LogP contribution in [0.4, 0.5) is 24.9 Å². The van der Waals surface area contributed by atoms with Crippen molar-refractivity contribution >= 4 is 11.8 Å². The molecule has 0 amide bonds. The number of aromatic nitrogens is 4. The molecule has 0 spiro atoms. The molecule has 1 aliphatic rings. The van der Waals surface area contributed by atoms with Crippen LogP contribution in [0.3, 0.4) is 0 Å². The van der Waals surface area contributed by atoms with E-state index in [1.165, 1.54) is 7.05 Å². The van der Waals surface area contributed by atoms with E-state index in [4.69, 9.17) is 5.73 Å². The molecule has 0 aliphatic carbocycles. The minimum Gasteiger partial charge on any atom is -0.368 e. The van der Waals surface area contributed by atoms with Gasteiger partial charge in [0.05, 0.1) is 5.69 Å². The van der Waals surface area contributed by atoms with Crippen LogP contribution in [-0.4, -0.2) is 40.3 Å². The summed E-state index contributed by atoms with van der Waals surface area (Å²) >= 11 is 0. The monoisotopic (exact) mass is 329 g/mol. The molecule has 1 saturated heterocycles. The van der Waals surface area contributed by atoms with Crippen molar-refractivity contribution in [2.45, 2.75) is 19.0 Å². The third-order valence-electron chi connectivity index (χ3n) is 3.31. The molecule has 0 radical (unpaired) electrons. The molecule has 0 saturated carbocycles. The number of nitrogens with one attached hydrogen (secondary N) is 1. The Kier molecular flexibility index (Phi) is 5.04. The minimum atomic E-state index is -4.47. The lowest BCUT2D eigenvalue weighted by atomic mass is 10.2. The molecule has 1 fully saturated rings. The number of anilines is 2. The molecular weight excluding hydrogens is 311 g/mol. The van der Waals surface area contributed by atoms with Crippen molar-refractivity contribution in [1.29, 1.82) is 0 Å². The molecule has 126 valence electrons. The van der Waals surface area contributed by atoms with Gasteiger partial charge in [0.2, 0.25) is 5.95 Å². The first-order valence-corrected chi connectivity index (χ1v) is 7.04. The van der Waals surface area contributed by atoms with Crippen molar-refractivity contribution in [3.63, 3.8) is 0 Å². The van der Waals surface area contributed by atoms with Gasteiger partial charge < -0.3 is 16.4 Å². The highest BCUT2D eigenvalue weighted by Crippen LogP contribution is 2.31. The predicted octanol–water partition coefficient (Wildman–Crippen LogP) is 1.64. The minimum absolute atomic E-state index is 0.0194. The number of aromatic amines is 1. The van der Waals surface area contributed by atoms with E-state index in [0.717, 1.165) is 32.0 Å². The van der Waals surface area contributed by atoms with Crippen LogP contribution in [0.1, 0.15) is 18.5 Å². The highest BCUT2D eigenvalue weighted by atomic mass is 19.4. The van der Waals surface area contributed by atoms with Crippen molar-refractivity contribution in [3.05, 3.63) is 17.8 Å². The molecule has 7 nitrogen and oxygen atoms in total. The smallest absolute Gasteiger partial charge is 0.368 e. The maximum absolute atomic E-state index is 12.6. The number of nitrogen functional groups attached to an aromatic ring is 1. The van der Waals surface area contributed by atoms with Gasteiger partial charge in [0, 0.05) is 19.2 Å². The summed E-state index contributed by atoms with van der Waals surface area (Å²) in [6.07, 6.45) is -2.36. The fourth-order valence-electron chi connectivity index (χ4n) is 2.29. The molecule has 0 aromatic carbocycles. The summed E-state index contributed by atoms with van der Waals surface area (Å²) in [5, 5.41) is 5.62. The highest BCUT2D eigenvalue weighted by Gasteiger charge is 2.33. The zero-order valence-corrected chi connectivity index (χ0v) is 12.6. The van der Waals surface area contributed by atoms with Gasteiger partial charge in [-0.3, -0.25) is 5.10 Å². The molecule has 10 heteroatoms. The van der Waals surface area contributed by atoms with E-state index in [2.05, 4.69) is 20.8 Å². The summed E-state index contributed by atoms with van der Waals surface area (Å²) in [5.41, 5.74) is 9.60. The summed E-state index contributed by atoms with van der Waals surface area (Å²) in [4.78, 5) is 10.1. The zero-order chi connectivity index (χ0) is 17.0. The van der Waals surface area contributed by atoms with E-state index in [-0.39, 0.29) is 17.3 Å². The zero-order valence-electron chi connectivity index (χ0n) is 12.6. The van der Waals surface area contributed by atoms with Gasteiger partial charge in [0.1, 0.15) is 17.2 Å². The van der Waals surface area contributed by atoms with Gasteiger partial charge in [-0.2, -0.15) is 23.3 Å². The number of hydrogen-bond donors (Lipinski definition) is 3. The first-order chi connectivity index (χ1) is 10.9. The maximum atomic E-state index is 12.6. The van der Waals surface area contributed by atoms with Crippen molar-refractivity contribution in [1.82, 2.24) is 20.2 Å². The van der Waals surface area contributed by atoms with Crippen LogP contribution in [0.25, 0.3) is 11.4 Å². The number of H-pyrrole nitrogens is 1. The van der Waals surface area contributed by atoms with Gasteiger partial charge in [-0.05, 0) is 26.0 Å². The first kappa shape index (κ1) is 17.0. The van der Waals surface area contributed by atoms with E-state index in [1.807, 2.05) is 10.00 Å². The van der Waals surface area contributed by atoms with Crippen LogP contribution in [0.15, 0.2) is 12.1 Å². The lowest BCUT2D eigenvalue weighted by molar-refractivity contribution is -0.141. The molecule has 2 aromatic heterocycles. The van der Waals surface area contributed by atoms with Crippen LogP contribution in [0, 0.1) is 0 Å². The van der Waals surface area contributed by atoms with E-state index in [0.29, 0.717) is 5.82 Å². The Bertz CT molecular complexity index is 647. The normalized spacial score (nSPS) is 14.6. The van der Waals surface area contributed by atoms with Gasteiger partial charge in [-0.1, -0.05) is 0 Å². The maximum Gasteiger partial charge on any atom is 0.432 e. The Labute approximate surface area is 130 Å². The molecule has 0 unspecified atom stereocenters. The Morgan fingerprint density at radius 3 is 2.30 bits per heavy atom. The Hall–Kier alpha value is -2.36. The van der Waals surface area contributed by atoms with Crippen molar-refractivity contribution in [2.24, 2.45) is 5.73 Å². The summed E-state index contributed by atoms with van der Waals surface area (Å²) in [6.45, 7) is 1.70. The van der Waals surface area contributed by atoms with Crippen LogP contribution in [-0.2, 0) is 6.18 Å². The van der Waals surface area contributed by atoms with E-state index < -0.39 is 11.9 Å². The molecular formula is C13H18F3N7. The molecule has 0 bridgehead atoms. The fraction of sp³-hybridized carbons (Fsp3) is 0.462. The number of halogens is 3. The van der Waals surface area contributed by atoms with Crippen LogP contribution < -0.4 is 16.4 Å². The number of rotatable bonds is 2. The van der Waals surface area contributed by atoms with Gasteiger partial charge in [-0.15, -0.1) is 0 Å². The van der Waals surface area contributed by atoms with Gasteiger partial charge >= 0.3 is 6.18 Å². The third-order valence-corrected chi connectivity index (χ3v) is 3.31. The van der Waals surface area contributed by atoms with Gasteiger partial charge in [-0.25, -0.2) is 4.98 Å². The summed E-state index contributed by atoms with van der Waals surface area (Å²) in [5.74, 6) is 0.637. The lowest BCUT2D eigenvalue weighted by Gasteiger charge is -2.16. The quantitative estimate of drug-likeness (QED) is 0.773. The Balaban J connectivity index is 0.000000924. The lowest BCUT2D eigenvalue weighted by Crippen LogP contribution is -2.19. The average molecular weight is 329 g/mol. The molecule has 23 heavy (non-hydrogen) atoms. The summed E-state index contributed by atoms with van der Waals surface area (Å²) in [7, 11) is 1.50. The highest BCUT2D eigenvalue weighted by molar-refractivity contribution is 5.61. The van der Waals surface area contributed by atoms with Crippen LogP contribution in [0.5, 0.6) is 0 Å². The molecule has 5 N–H and O–H groups in total. The van der Waals surface area contributed by atoms with Crippen molar-refractivity contribution in [2.75, 3.05) is 30.8 Å². The summed E-state index contributed by atoms with van der Waals surface area (Å²) < 4.78 is 37.8. The SMILES string of the molecule is CN.Nc1nc(-c2cc(C(F)(F)F)[nH]n2)cc(N2CCCC2)n1. The van der Waals surface area contributed by atoms with E-state index >= 15 is 0 Å². The largest absolute Gasteiger partial charge is 0.432 e. The Morgan fingerprint density at radius 1 is 1.09 bits per heavy atom. The molecule has 1 aliphatic heterocycles. The number of nitrogens with zero attached hydrogens (tertiary/aromatic N) is 4. The second kappa shape index (κ2) is 6.82. The standard InChI is InChI=1S/C12H13F3N6.CH5N/c13-12(14,15)9-5-8(19-20-9)7-6-10(18-11(16)17-7)21-3-1-2-4-21;1-2/h5-6H,1-4H2,(H,19,20)(H2,16,17,18);2H2,1H3. The van der Waals surface area contributed by atoms with Crippen molar-refractivity contribution < 1.29 is 13.2 Å². The number of hydrogen-bond acceptors (Lipinski definition) is 6. The van der Waals surface area contributed by atoms with Gasteiger partial charge in [0.15, 0.2) is 0 Å². The van der Waals surface area contributed by atoms with Crippen LogP contribution in [0.2, 0.25) is 0 Å².